The van der Waals surface area contributed by atoms with Crippen molar-refractivity contribution in [3.8, 4) is 11.5 Å². The predicted octanol–water partition coefficient (Wildman–Crippen LogP) is 2.64. The van der Waals surface area contributed by atoms with Gasteiger partial charge < -0.3 is 34.1 Å². The molecule has 1 rings (SSSR count). The third-order valence-electron chi connectivity index (χ3n) is 3.07. The molecule has 9 heteroatoms. The van der Waals surface area contributed by atoms with Crippen LogP contribution in [0.3, 0.4) is 0 Å². The summed E-state index contributed by atoms with van der Waals surface area (Å²) in [4.78, 5) is 23.3. The van der Waals surface area contributed by atoms with E-state index in [1.165, 1.54) is 20.3 Å². The van der Waals surface area contributed by atoms with Gasteiger partial charge in [0, 0.05) is 14.2 Å². The maximum Gasteiger partial charge on any atom is 0.407 e. The summed E-state index contributed by atoms with van der Waals surface area (Å²) in [6, 6.07) is 4.87. The molecule has 9 nitrogen and oxygen atoms in total. The number of carboxylic acids is 1. The van der Waals surface area contributed by atoms with Crippen LogP contribution in [0.1, 0.15) is 26.3 Å². The van der Waals surface area contributed by atoms with E-state index in [1.54, 1.807) is 39.0 Å². The first-order valence-corrected chi connectivity index (χ1v) is 8.44. The van der Waals surface area contributed by atoms with Gasteiger partial charge >= 0.3 is 12.1 Å². The van der Waals surface area contributed by atoms with Crippen LogP contribution in [0.5, 0.6) is 11.5 Å². The van der Waals surface area contributed by atoms with E-state index in [2.05, 4.69) is 5.32 Å². The van der Waals surface area contributed by atoms with Gasteiger partial charge in [0.05, 0.1) is 12.1 Å². The second kappa shape index (κ2) is 11.2. The highest BCUT2D eigenvalue weighted by molar-refractivity contribution is 5.93. The monoisotopic (exact) mass is 397 g/mol. The van der Waals surface area contributed by atoms with Crippen LogP contribution in [0.25, 0.3) is 6.08 Å². The van der Waals surface area contributed by atoms with Crippen LogP contribution in [0, 0.1) is 0 Å². The lowest BCUT2D eigenvalue weighted by Crippen LogP contribution is -2.34. The Kier molecular flexibility index (Phi) is 9.26. The lowest BCUT2D eigenvalue weighted by molar-refractivity contribution is -0.132. The second-order valence-corrected chi connectivity index (χ2v) is 6.64. The second-order valence-electron chi connectivity index (χ2n) is 6.64. The molecule has 0 fully saturated rings. The van der Waals surface area contributed by atoms with Crippen LogP contribution < -0.4 is 14.8 Å². The van der Waals surface area contributed by atoms with E-state index in [0.29, 0.717) is 17.1 Å². The van der Waals surface area contributed by atoms with Gasteiger partial charge in [-0.05, 0) is 44.5 Å². The van der Waals surface area contributed by atoms with Gasteiger partial charge in [-0.1, -0.05) is 6.07 Å². The largest absolute Gasteiger partial charge is 0.478 e. The zero-order chi connectivity index (χ0) is 21.2. The van der Waals surface area contributed by atoms with Crippen LogP contribution in [-0.4, -0.2) is 57.1 Å². The molecule has 1 amide bonds. The Labute approximate surface area is 164 Å². The van der Waals surface area contributed by atoms with Crippen molar-refractivity contribution in [2.24, 2.45) is 0 Å². The van der Waals surface area contributed by atoms with Crippen LogP contribution in [0.2, 0.25) is 0 Å². The fourth-order valence-electron chi connectivity index (χ4n) is 1.96. The van der Waals surface area contributed by atoms with E-state index in [4.69, 9.17) is 23.7 Å². The summed E-state index contributed by atoms with van der Waals surface area (Å²) >= 11 is 0. The van der Waals surface area contributed by atoms with Crippen molar-refractivity contribution in [2.45, 2.75) is 26.4 Å². The van der Waals surface area contributed by atoms with E-state index < -0.39 is 17.7 Å². The molecule has 0 saturated heterocycles. The number of rotatable bonds is 10. The molecule has 0 heterocycles. The number of carbonyl (C=O) groups excluding carboxylic acids is 1. The topological polar surface area (TPSA) is 113 Å². The van der Waals surface area contributed by atoms with Gasteiger partial charge in [-0.2, -0.15) is 0 Å². The first-order valence-electron chi connectivity index (χ1n) is 8.44. The summed E-state index contributed by atoms with van der Waals surface area (Å²) in [5, 5.41) is 11.8. The average Bonchev–Trinajstić information content (AvgIpc) is 2.60. The molecule has 156 valence electrons. The first-order chi connectivity index (χ1) is 13.2. The predicted molar refractivity (Wildman–Crippen MR) is 101 cm³/mol. The third-order valence-corrected chi connectivity index (χ3v) is 3.07. The molecule has 2 N–H and O–H groups in total. The molecule has 0 atom stereocenters. The highest BCUT2D eigenvalue weighted by Gasteiger charge is 2.17. The SMILES string of the molecule is COCOc1ccc(/C=C(\CNC(=O)OC(C)(C)C)C(=O)O)cc1OCOC. The Balaban J connectivity index is 2.97. The summed E-state index contributed by atoms with van der Waals surface area (Å²) in [6.07, 6.45) is 0.714. The maximum atomic E-state index is 11.7. The first kappa shape index (κ1) is 23.3. The number of alkyl carbamates (subject to hydrolysis) is 1. The highest BCUT2D eigenvalue weighted by Crippen LogP contribution is 2.29. The summed E-state index contributed by atoms with van der Waals surface area (Å²) in [5.74, 6) is -0.396. The van der Waals surface area contributed by atoms with E-state index in [9.17, 15) is 14.7 Å². The fourth-order valence-corrected chi connectivity index (χ4v) is 1.96. The Morgan fingerprint density at radius 1 is 1.07 bits per heavy atom. The third kappa shape index (κ3) is 8.74. The molecular weight excluding hydrogens is 370 g/mol. The molecule has 1 aromatic carbocycles. The quantitative estimate of drug-likeness (QED) is 0.458. The number of carbonyl (C=O) groups is 2. The van der Waals surface area contributed by atoms with Crippen molar-refractivity contribution in [3.05, 3.63) is 29.3 Å². The van der Waals surface area contributed by atoms with E-state index in [0.717, 1.165) is 0 Å². The molecule has 0 radical (unpaired) electrons. The molecule has 0 spiro atoms. The Hall–Kier alpha value is -2.78. The molecule has 0 aliphatic heterocycles. The van der Waals surface area contributed by atoms with Crippen molar-refractivity contribution in [1.82, 2.24) is 5.32 Å². The van der Waals surface area contributed by atoms with Crippen molar-refractivity contribution >= 4 is 18.1 Å². The highest BCUT2D eigenvalue weighted by atomic mass is 16.7. The standard InChI is InChI=1S/C19H27NO8/c1-19(2,3)28-18(23)20-10-14(17(21)22)8-13-6-7-15(26-11-24-4)16(9-13)27-12-25-5/h6-9H,10-12H2,1-5H3,(H,20,23)(H,21,22)/b14-8+. The summed E-state index contributed by atoms with van der Waals surface area (Å²) in [6.45, 7) is 4.96. The number of amides is 1. The van der Waals surface area contributed by atoms with Gasteiger partial charge in [-0.25, -0.2) is 9.59 Å². The van der Waals surface area contributed by atoms with Gasteiger partial charge in [-0.3, -0.25) is 0 Å². The molecule has 0 saturated carbocycles. The van der Waals surface area contributed by atoms with Crippen molar-refractivity contribution in [2.75, 3.05) is 34.4 Å². The molecule has 28 heavy (non-hydrogen) atoms. The van der Waals surface area contributed by atoms with Gasteiger partial charge in [0.1, 0.15) is 5.60 Å². The zero-order valence-electron chi connectivity index (χ0n) is 16.7. The van der Waals surface area contributed by atoms with Crippen molar-refractivity contribution in [3.63, 3.8) is 0 Å². The van der Waals surface area contributed by atoms with Gasteiger partial charge in [0.2, 0.25) is 0 Å². The Bertz CT molecular complexity index is 694. The lowest BCUT2D eigenvalue weighted by Gasteiger charge is -2.19. The van der Waals surface area contributed by atoms with Gasteiger partial charge in [0.15, 0.2) is 25.1 Å². The number of hydrogen-bond acceptors (Lipinski definition) is 7. The molecule has 0 aromatic heterocycles. The van der Waals surface area contributed by atoms with E-state index >= 15 is 0 Å². The maximum absolute atomic E-state index is 11.7. The minimum Gasteiger partial charge on any atom is -0.478 e. The molecule has 0 aliphatic rings. The number of methoxy groups -OCH3 is 2. The van der Waals surface area contributed by atoms with Gasteiger partial charge in [-0.15, -0.1) is 0 Å². The van der Waals surface area contributed by atoms with Crippen LogP contribution in [-0.2, 0) is 19.0 Å². The molecule has 1 aromatic rings. The minimum absolute atomic E-state index is 0.0114. The van der Waals surface area contributed by atoms with Crippen LogP contribution >= 0.6 is 0 Å². The normalized spacial score (nSPS) is 11.7. The number of ether oxygens (including phenoxy) is 5. The number of hydrogen-bond donors (Lipinski definition) is 2. The fraction of sp³-hybridized carbons (Fsp3) is 0.474. The average molecular weight is 397 g/mol. The summed E-state index contributed by atoms with van der Waals surface area (Å²) < 4.78 is 25.7. The van der Waals surface area contributed by atoms with E-state index in [1.807, 2.05) is 0 Å². The van der Waals surface area contributed by atoms with Gasteiger partial charge in [0.25, 0.3) is 0 Å². The molecule has 0 aliphatic carbocycles. The number of aliphatic carboxylic acids is 1. The Morgan fingerprint density at radius 2 is 1.68 bits per heavy atom. The summed E-state index contributed by atoms with van der Waals surface area (Å²) in [5.41, 5.74) is -0.170. The van der Waals surface area contributed by atoms with Crippen LogP contribution in [0.4, 0.5) is 4.79 Å². The number of carboxylic acid groups (broad SMARTS) is 1. The molecular formula is C19H27NO8. The lowest BCUT2D eigenvalue weighted by atomic mass is 10.1. The number of nitrogens with one attached hydrogen (secondary N) is 1. The summed E-state index contributed by atoms with van der Waals surface area (Å²) in [7, 11) is 2.97. The van der Waals surface area contributed by atoms with E-state index in [-0.39, 0.29) is 25.7 Å². The van der Waals surface area contributed by atoms with Crippen molar-refractivity contribution < 1.29 is 38.4 Å². The van der Waals surface area contributed by atoms with Crippen LogP contribution in [0.15, 0.2) is 23.8 Å². The minimum atomic E-state index is -1.17. The zero-order valence-corrected chi connectivity index (χ0v) is 16.7. The number of benzene rings is 1. The van der Waals surface area contributed by atoms with Crippen molar-refractivity contribution in [1.29, 1.82) is 0 Å². The smallest absolute Gasteiger partial charge is 0.407 e. The Morgan fingerprint density at radius 3 is 2.21 bits per heavy atom. The molecule has 0 unspecified atom stereocenters. The molecule has 0 bridgehead atoms.